The van der Waals surface area contributed by atoms with Crippen LogP contribution in [0.1, 0.15) is 27.2 Å². The summed E-state index contributed by atoms with van der Waals surface area (Å²) >= 11 is 0. The average molecular weight is 274 g/mol. The zero-order chi connectivity index (χ0) is 14.4. The van der Waals surface area contributed by atoms with Crippen molar-refractivity contribution in [3.63, 3.8) is 0 Å². The third-order valence-electron chi connectivity index (χ3n) is 3.71. The Morgan fingerprint density at radius 2 is 1.90 bits per heavy atom. The zero-order valence-corrected chi connectivity index (χ0v) is 12.9. The number of nitrogens with zero attached hydrogens (tertiary/aromatic N) is 3. The quantitative estimate of drug-likeness (QED) is 0.802. The van der Waals surface area contributed by atoms with Crippen molar-refractivity contribution in [1.29, 1.82) is 0 Å². The highest BCUT2D eigenvalue weighted by molar-refractivity contribution is 5.78. The van der Waals surface area contributed by atoms with E-state index in [1.807, 2.05) is 6.07 Å². The Morgan fingerprint density at radius 3 is 2.60 bits per heavy atom. The van der Waals surface area contributed by atoms with Crippen LogP contribution in [0.15, 0.2) is 24.3 Å². The van der Waals surface area contributed by atoms with Gasteiger partial charge in [0, 0.05) is 19.6 Å². The van der Waals surface area contributed by atoms with Gasteiger partial charge in [-0.15, -0.1) is 0 Å². The number of hydrogen-bond donors (Lipinski definition) is 1. The maximum absolute atomic E-state index is 4.71. The minimum absolute atomic E-state index is 0.939. The first-order valence-electron chi connectivity index (χ1n) is 7.71. The van der Waals surface area contributed by atoms with Crippen molar-refractivity contribution in [2.24, 2.45) is 0 Å². The SMILES string of the molecule is CCCn1c(NCCN(CC)CC)nc2ccccc21. The van der Waals surface area contributed by atoms with Crippen LogP contribution in [0.25, 0.3) is 11.0 Å². The summed E-state index contributed by atoms with van der Waals surface area (Å²) < 4.78 is 2.29. The average Bonchev–Trinajstić information content (AvgIpc) is 2.82. The molecule has 0 saturated carbocycles. The minimum Gasteiger partial charge on any atom is -0.354 e. The summed E-state index contributed by atoms with van der Waals surface area (Å²) in [6, 6.07) is 8.35. The molecule has 0 unspecified atom stereocenters. The predicted octanol–water partition coefficient (Wildman–Crippen LogP) is 3.20. The van der Waals surface area contributed by atoms with Crippen molar-refractivity contribution in [2.75, 3.05) is 31.5 Å². The lowest BCUT2D eigenvalue weighted by atomic mass is 10.3. The molecule has 1 N–H and O–H groups in total. The smallest absolute Gasteiger partial charge is 0.203 e. The van der Waals surface area contributed by atoms with Crippen LogP contribution < -0.4 is 5.32 Å². The van der Waals surface area contributed by atoms with Gasteiger partial charge in [-0.1, -0.05) is 32.9 Å². The van der Waals surface area contributed by atoms with Crippen LogP contribution in [0, 0.1) is 0 Å². The van der Waals surface area contributed by atoms with Gasteiger partial charge in [-0.25, -0.2) is 4.98 Å². The number of nitrogens with one attached hydrogen (secondary N) is 1. The molecule has 1 aromatic heterocycles. The summed E-state index contributed by atoms with van der Waals surface area (Å²) in [6.07, 6.45) is 1.12. The molecule has 0 fully saturated rings. The number of aryl methyl sites for hydroxylation is 1. The highest BCUT2D eigenvalue weighted by Crippen LogP contribution is 2.19. The predicted molar refractivity (Wildman–Crippen MR) is 86.3 cm³/mol. The van der Waals surface area contributed by atoms with Gasteiger partial charge in [0.1, 0.15) is 0 Å². The van der Waals surface area contributed by atoms with E-state index in [0.717, 1.165) is 50.6 Å². The molecule has 0 aliphatic carbocycles. The molecule has 4 nitrogen and oxygen atoms in total. The number of fused-ring (bicyclic) bond motifs is 1. The Bertz CT molecular complexity index is 528. The monoisotopic (exact) mass is 274 g/mol. The van der Waals surface area contributed by atoms with Gasteiger partial charge in [0.25, 0.3) is 0 Å². The van der Waals surface area contributed by atoms with Gasteiger partial charge in [0.2, 0.25) is 5.95 Å². The van der Waals surface area contributed by atoms with E-state index in [2.05, 4.69) is 53.8 Å². The Hall–Kier alpha value is -1.55. The number of rotatable bonds is 8. The van der Waals surface area contributed by atoms with Crippen LogP contribution >= 0.6 is 0 Å². The van der Waals surface area contributed by atoms with E-state index >= 15 is 0 Å². The van der Waals surface area contributed by atoms with Crippen molar-refractivity contribution in [3.8, 4) is 0 Å². The van der Waals surface area contributed by atoms with Crippen LogP contribution in [0.5, 0.6) is 0 Å². The summed E-state index contributed by atoms with van der Waals surface area (Å²) in [5.41, 5.74) is 2.30. The minimum atomic E-state index is 0.939. The maximum atomic E-state index is 4.71. The maximum Gasteiger partial charge on any atom is 0.203 e. The first-order chi connectivity index (χ1) is 9.80. The van der Waals surface area contributed by atoms with Gasteiger partial charge in [0.05, 0.1) is 11.0 Å². The summed E-state index contributed by atoms with van der Waals surface area (Å²) in [6.45, 7) is 11.8. The largest absolute Gasteiger partial charge is 0.354 e. The van der Waals surface area contributed by atoms with Crippen LogP contribution in [-0.2, 0) is 6.54 Å². The molecular weight excluding hydrogens is 248 g/mol. The molecule has 20 heavy (non-hydrogen) atoms. The molecule has 0 amide bonds. The third kappa shape index (κ3) is 3.31. The van der Waals surface area contributed by atoms with E-state index in [4.69, 9.17) is 4.98 Å². The summed E-state index contributed by atoms with van der Waals surface area (Å²) in [7, 11) is 0. The number of imidazole rings is 1. The lowest BCUT2D eigenvalue weighted by Crippen LogP contribution is -2.29. The van der Waals surface area contributed by atoms with Crippen molar-refractivity contribution < 1.29 is 0 Å². The Labute approximate surface area is 121 Å². The van der Waals surface area contributed by atoms with E-state index in [0.29, 0.717) is 0 Å². The summed E-state index contributed by atoms with van der Waals surface area (Å²) in [4.78, 5) is 7.13. The number of benzene rings is 1. The lowest BCUT2D eigenvalue weighted by molar-refractivity contribution is 0.315. The topological polar surface area (TPSA) is 33.1 Å². The summed E-state index contributed by atoms with van der Waals surface area (Å²) in [5, 5.41) is 3.50. The van der Waals surface area contributed by atoms with Gasteiger partial charge in [-0.05, 0) is 31.6 Å². The van der Waals surface area contributed by atoms with E-state index in [9.17, 15) is 0 Å². The molecule has 0 aliphatic rings. The van der Waals surface area contributed by atoms with E-state index in [1.165, 1.54) is 5.52 Å². The Kier molecular flexibility index (Phi) is 5.41. The molecule has 110 valence electrons. The molecule has 1 heterocycles. The molecule has 4 heteroatoms. The van der Waals surface area contributed by atoms with Crippen LogP contribution in [0.3, 0.4) is 0 Å². The van der Waals surface area contributed by atoms with Crippen molar-refractivity contribution >= 4 is 17.0 Å². The standard InChI is InChI=1S/C16H26N4/c1-4-12-20-15-10-8-7-9-14(15)18-16(20)17-11-13-19(5-2)6-3/h7-10H,4-6,11-13H2,1-3H3,(H,17,18). The fourth-order valence-corrected chi connectivity index (χ4v) is 2.53. The van der Waals surface area contributed by atoms with Crippen LogP contribution in [-0.4, -0.2) is 40.6 Å². The highest BCUT2D eigenvalue weighted by atomic mass is 15.2. The number of hydrogen-bond acceptors (Lipinski definition) is 3. The molecule has 0 radical (unpaired) electrons. The lowest BCUT2D eigenvalue weighted by Gasteiger charge is -2.18. The molecule has 0 bridgehead atoms. The zero-order valence-electron chi connectivity index (χ0n) is 12.9. The molecule has 2 rings (SSSR count). The number of likely N-dealkylation sites (N-methyl/N-ethyl adjacent to an activating group) is 1. The Balaban J connectivity index is 2.10. The van der Waals surface area contributed by atoms with Gasteiger partial charge in [0.15, 0.2) is 0 Å². The van der Waals surface area contributed by atoms with Gasteiger partial charge in [-0.2, -0.15) is 0 Å². The number of anilines is 1. The number of aromatic nitrogens is 2. The number of para-hydroxylation sites is 2. The van der Waals surface area contributed by atoms with Gasteiger partial charge in [-0.3, -0.25) is 0 Å². The molecule has 0 aliphatic heterocycles. The van der Waals surface area contributed by atoms with E-state index in [-0.39, 0.29) is 0 Å². The fourth-order valence-electron chi connectivity index (χ4n) is 2.53. The van der Waals surface area contributed by atoms with Gasteiger partial charge < -0.3 is 14.8 Å². The molecule has 0 spiro atoms. The first-order valence-corrected chi connectivity index (χ1v) is 7.71. The second-order valence-corrected chi connectivity index (χ2v) is 5.03. The van der Waals surface area contributed by atoms with Crippen LogP contribution in [0.2, 0.25) is 0 Å². The third-order valence-corrected chi connectivity index (χ3v) is 3.71. The normalized spacial score (nSPS) is 11.4. The molecule has 0 saturated heterocycles. The fraction of sp³-hybridized carbons (Fsp3) is 0.562. The first kappa shape index (κ1) is 14.9. The second kappa shape index (κ2) is 7.29. The van der Waals surface area contributed by atoms with Crippen LogP contribution in [0.4, 0.5) is 5.95 Å². The molecule has 2 aromatic rings. The van der Waals surface area contributed by atoms with E-state index in [1.54, 1.807) is 0 Å². The van der Waals surface area contributed by atoms with Crippen molar-refractivity contribution in [3.05, 3.63) is 24.3 Å². The molecular formula is C16H26N4. The molecule has 1 aromatic carbocycles. The highest BCUT2D eigenvalue weighted by Gasteiger charge is 2.09. The summed E-state index contributed by atoms with van der Waals surface area (Å²) in [5.74, 6) is 1.00. The van der Waals surface area contributed by atoms with Gasteiger partial charge >= 0.3 is 0 Å². The second-order valence-electron chi connectivity index (χ2n) is 5.03. The Morgan fingerprint density at radius 1 is 1.15 bits per heavy atom. The molecule has 0 atom stereocenters. The van der Waals surface area contributed by atoms with Crippen molar-refractivity contribution in [2.45, 2.75) is 33.7 Å². The van der Waals surface area contributed by atoms with E-state index < -0.39 is 0 Å². The van der Waals surface area contributed by atoms with Crippen molar-refractivity contribution in [1.82, 2.24) is 14.5 Å².